The van der Waals surface area contributed by atoms with Crippen LogP contribution < -0.4 is 10.5 Å². The van der Waals surface area contributed by atoms with Crippen LogP contribution in [0.1, 0.15) is 24.2 Å². The Kier molecular flexibility index (Phi) is 3.92. The summed E-state index contributed by atoms with van der Waals surface area (Å²) in [6.07, 6.45) is 2.00. The van der Waals surface area contributed by atoms with Gasteiger partial charge in [-0.25, -0.2) is 0 Å². The molecule has 0 saturated heterocycles. The number of carbonyl (C=O) groups excluding carboxylic acids is 1. The average molecular weight is 205 g/mol. The first kappa shape index (κ1) is 11.3. The van der Waals surface area contributed by atoms with Gasteiger partial charge in [-0.05, 0) is 43.7 Å². The second-order valence-corrected chi connectivity index (χ2v) is 3.31. The Labute approximate surface area is 89.5 Å². The molecule has 3 heteroatoms. The number of carbonyl (C=O) groups is 1. The molecule has 3 nitrogen and oxygen atoms in total. The van der Waals surface area contributed by atoms with Crippen molar-refractivity contribution in [2.24, 2.45) is 5.73 Å². The van der Waals surface area contributed by atoms with Crippen molar-refractivity contribution in [2.75, 3.05) is 6.61 Å². The van der Waals surface area contributed by atoms with Crippen molar-refractivity contribution in [2.45, 2.75) is 13.8 Å². The topological polar surface area (TPSA) is 52.3 Å². The molecule has 0 spiro atoms. The summed E-state index contributed by atoms with van der Waals surface area (Å²) >= 11 is 0. The second kappa shape index (κ2) is 5.20. The molecule has 1 rings (SSSR count). The Balaban J connectivity index is 2.61. The first-order valence-corrected chi connectivity index (χ1v) is 4.78. The minimum atomic E-state index is -0.425. The summed E-state index contributed by atoms with van der Waals surface area (Å²) in [4.78, 5) is 10.8. The van der Waals surface area contributed by atoms with Gasteiger partial charge in [-0.2, -0.15) is 0 Å². The van der Waals surface area contributed by atoms with E-state index in [0.717, 1.165) is 11.3 Å². The van der Waals surface area contributed by atoms with Gasteiger partial charge in [-0.15, -0.1) is 0 Å². The van der Waals surface area contributed by atoms with Crippen LogP contribution in [0.25, 0.3) is 0 Å². The number of primary amides is 1. The number of nitrogens with two attached hydrogens (primary N) is 1. The quantitative estimate of drug-likeness (QED) is 0.765. The van der Waals surface area contributed by atoms with E-state index in [0.29, 0.717) is 12.2 Å². The molecule has 80 valence electrons. The fraction of sp³-hybridized carbons (Fsp3) is 0.250. The van der Waals surface area contributed by atoms with Gasteiger partial charge in [0.2, 0.25) is 5.91 Å². The summed E-state index contributed by atoms with van der Waals surface area (Å²) in [5.74, 6) is 0.312. The molecule has 0 aromatic heterocycles. The molecule has 0 fully saturated rings. The van der Waals surface area contributed by atoms with Crippen molar-refractivity contribution < 1.29 is 9.53 Å². The highest BCUT2D eigenvalue weighted by molar-refractivity contribution is 5.92. The second-order valence-electron chi connectivity index (χ2n) is 3.31. The Bertz CT molecular complexity index is 366. The summed E-state index contributed by atoms with van der Waals surface area (Å²) < 4.78 is 5.47. The van der Waals surface area contributed by atoms with Crippen molar-refractivity contribution in [1.29, 1.82) is 0 Å². The molecule has 0 unspecified atom stereocenters. The molecular formula is C12H15NO2. The van der Waals surface area contributed by atoms with Crippen molar-refractivity contribution in [1.82, 2.24) is 0 Å². The fourth-order valence-electron chi connectivity index (χ4n) is 0.996. The number of allylic oxidation sites excluding steroid dienone is 1. The van der Waals surface area contributed by atoms with Gasteiger partial charge in [-0.1, -0.05) is 6.08 Å². The van der Waals surface area contributed by atoms with E-state index in [1.165, 1.54) is 0 Å². The number of ether oxygens (including phenoxy) is 1. The van der Waals surface area contributed by atoms with Crippen LogP contribution in [0.5, 0.6) is 5.75 Å². The van der Waals surface area contributed by atoms with Gasteiger partial charge in [0.05, 0.1) is 0 Å². The average Bonchev–Trinajstić information content (AvgIpc) is 2.26. The number of benzene rings is 1. The first-order chi connectivity index (χ1) is 7.13. The predicted octanol–water partition coefficient (Wildman–Crippen LogP) is 2.13. The number of hydrogen-bond donors (Lipinski definition) is 1. The predicted molar refractivity (Wildman–Crippen MR) is 59.9 cm³/mol. The van der Waals surface area contributed by atoms with Gasteiger partial charge < -0.3 is 10.5 Å². The molecule has 1 aromatic carbocycles. The van der Waals surface area contributed by atoms with E-state index in [-0.39, 0.29) is 0 Å². The third-order valence-electron chi connectivity index (χ3n) is 2.10. The van der Waals surface area contributed by atoms with E-state index in [9.17, 15) is 4.79 Å². The molecule has 1 amide bonds. The lowest BCUT2D eigenvalue weighted by Gasteiger charge is -2.06. The maximum atomic E-state index is 10.8. The highest BCUT2D eigenvalue weighted by Crippen LogP contribution is 2.12. The van der Waals surface area contributed by atoms with E-state index < -0.39 is 5.91 Å². The van der Waals surface area contributed by atoms with E-state index in [4.69, 9.17) is 10.5 Å². The lowest BCUT2D eigenvalue weighted by atomic mass is 10.2. The summed E-state index contributed by atoms with van der Waals surface area (Å²) in [6, 6.07) is 6.79. The van der Waals surface area contributed by atoms with Crippen LogP contribution in [0.2, 0.25) is 0 Å². The van der Waals surface area contributed by atoms with Gasteiger partial charge in [0.15, 0.2) is 0 Å². The van der Waals surface area contributed by atoms with Crippen LogP contribution >= 0.6 is 0 Å². The molecule has 0 saturated carbocycles. The van der Waals surface area contributed by atoms with Gasteiger partial charge >= 0.3 is 0 Å². The highest BCUT2D eigenvalue weighted by atomic mass is 16.5. The van der Waals surface area contributed by atoms with Crippen LogP contribution in [0.4, 0.5) is 0 Å². The fourth-order valence-corrected chi connectivity index (χ4v) is 0.996. The molecule has 0 aliphatic heterocycles. The van der Waals surface area contributed by atoms with E-state index >= 15 is 0 Å². The zero-order chi connectivity index (χ0) is 11.3. The van der Waals surface area contributed by atoms with Gasteiger partial charge in [0.1, 0.15) is 12.4 Å². The molecule has 0 radical (unpaired) electrons. The largest absolute Gasteiger partial charge is 0.489 e. The van der Waals surface area contributed by atoms with Crippen LogP contribution in [-0.4, -0.2) is 12.5 Å². The Morgan fingerprint density at radius 1 is 1.40 bits per heavy atom. The van der Waals surface area contributed by atoms with Crippen molar-refractivity contribution in [3.63, 3.8) is 0 Å². The molecule has 2 N–H and O–H groups in total. The normalized spacial score (nSPS) is 11.2. The molecule has 0 aliphatic carbocycles. The number of rotatable bonds is 4. The minimum Gasteiger partial charge on any atom is -0.489 e. The number of amides is 1. The van der Waals surface area contributed by atoms with Gasteiger partial charge in [0.25, 0.3) is 0 Å². The summed E-state index contributed by atoms with van der Waals surface area (Å²) in [5, 5.41) is 0. The van der Waals surface area contributed by atoms with E-state index in [1.54, 1.807) is 24.3 Å². The monoisotopic (exact) mass is 205 g/mol. The first-order valence-electron chi connectivity index (χ1n) is 4.78. The Morgan fingerprint density at radius 2 is 2.00 bits per heavy atom. The molecule has 0 heterocycles. The molecule has 1 aromatic rings. The molecule has 0 atom stereocenters. The summed E-state index contributed by atoms with van der Waals surface area (Å²) in [5.41, 5.74) is 6.77. The van der Waals surface area contributed by atoms with Crippen molar-refractivity contribution in [3.05, 3.63) is 41.5 Å². The third-order valence-corrected chi connectivity index (χ3v) is 2.10. The minimum absolute atomic E-state index is 0.425. The zero-order valence-corrected chi connectivity index (χ0v) is 8.99. The van der Waals surface area contributed by atoms with Gasteiger partial charge in [-0.3, -0.25) is 4.79 Å². The lowest BCUT2D eigenvalue weighted by Crippen LogP contribution is -2.10. The number of hydrogen-bond acceptors (Lipinski definition) is 2. The van der Waals surface area contributed by atoms with Gasteiger partial charge in [0, 0.05) is 5.56 Å². The maximum absolute atomic E-state index is 10.8. The summed E-state index contributed by atoms with van der Waals surface area (Å²) in [6.45, 7) is 4.53. The van der Waals surface area contributed by atoms with Crippen LogP contribution in [0.3, 0.4) is 0 Å². The Hall–Kier alpha value is -1.77. The standard InChI is InChI=1S/C12H15NO2/c1-3-9(2)8-15-11-6-4-10(5-7-11)12(13)14/h3-7H,8H2,1-2H3,(H2,13,14)/b9-3+. The van der Waals surface area contributed by atoms with Crippen molar-refractivity contribution >= 4 is 5.91 Å². The third kappa shape index (κ3) is 3.46. The molecule has 0 aliphatic rings. The smallest absolute Gasteiger partial charge is 0.248 e. The lowest BCUT2D eigenvalue weighted by molar-refractivity contribution is 0.100. The van der Waals surface area contributed by atoms with E-state index in [1.807, 2.05) is 19.9 Å². The zero-order valence-electron chi connectivity index (χ0n) is 8.99. The van der Waals surface area contributed by atoms with E-state index in [2.05, 4.69) is 0 Å². The molecular weight excluding hydrogens is 190 g/mol. The highest BCUT2D eigenvalue weighted by Gasteiger charge is 1.99. The Morgan fingerprint density at radius 3 is 2.47 bits per heavy atom. The van der Waals surface area contributed by atoms with Crippen LogP contribution in [0, 0.1) is 0 Å². The SMILES string of the molecule is C/C=C(\C)COc1ccc(C(N)=O)cc1. The van der Waals surface area contributed by atoms with Crippen LogP contribution in [-0.2, 0) is 0 Å². The molecule has 0 bridgehead atoms. The molecule has 15 heavy (non-hydrogen) atoms. The van der Waals surface area contributed by atoms with Crippen molar-refractivity contribution in [3.8, 4) is 5.75 Å². The summed E-state index contributed by atoms with van der Waals surface area (Å²) in [7, 11) is 0. The van der Waals surface area contributed by atoms with Crippen LogP contribution in [0.15, 0.2) is 35.9 Å². The maximum Gasteiger partial charge on any atom is 0.248 e.